The Morgan fingerprint density at radius 1 is 0.464 bits per heavy atom. The minimum absolute atomic E-state index is 0.000157. The van der Waals surface area contributed by atoms with Crippen LogP contribution in [0.15, 0.2) is 0 Å². The molecule has 0 amide bonds. The van der Waals surface area contributed by atoms with Crippen molar-refractivity contribution in [1.29, 1.82) is 0 Å². The van der Waals surface area contributed by atoms with Crippen LogP contribution < -0.4 is 0 Å². The number of nitrogens with zero attached hydrogens (tertiary/aromatic N) is 2. The zero-order valence-corrected chi connectivity index (χ0v) is 21.9. The summed E-state index contributed by atoms with van der Waals surface area (Å²) < 4.78 is 0. The van der Waals surface area contributed by atoms with E-state index in [1.807, 2.05) is 6.92 Å². The molecule has 162 valence electrons. The van der Waals surface area contributed by atoms with Gasteiger partial charge in [-0.15, -0.1) is 0 Å². The lowest BCUT2D eigenvalue weighted by Gasteiger charge is -2.65. The van der Waals surface area contributed by atoms with Crippen molar-refractivity contribution in [2.45, 2.75) is 116 Å². The third-order valence-electron chi connectivity index (χ3n) is 10.1. The fraction of sp³-hybridized carbons (Fsp3) is 0.846. The first kappa shape index (κ1) is 25.1. The molecule has 1 rings (SSSR count). The van der Waals surface area contributed by atoms with Crippen LogP contribution >= 0.6 is 0 Å². The summed E-state index contributed by atoms with van der Waals surface area (Å²) in [6, 6.07) is 0. The summed E-state index contributed by atoms with van der Waals surface area (Å²) in [5.41, 5.74) is 3.94. The monoisotopic (exact) mass is 388 g/mol. The molecule has 0 saturated heterocycles. The Hall–Kier alpha value is -0.920. The smallest absolute Gasteiger partial charge is 0.125 e. The lowest BCUT2D eigenvalue weighted by Crippen LogP contribution is -2.60. The van der Waals surface area contributed by atoms with Crippen LogP contribution in [0.1, 0.15) is 113 Å². The van der Waals surface area contributed by atoms with E-state index >= 15 is 0 Å². The summed E-state index contributed by atoms with van der Waals surface area (Å²) in [5.74, 6) is 0.862. The van der Waals surface area contributed by atoms with Gasteiger partial charge in [-0.1, -0.05) is 90.0 Å². The Balaban J connectivity index is 3.72. The predicted molar refractivity (Wildman–Crippen MR) is 124 cm³/mol. The van der Waals surface area contributed by atoms with Crippen molar-refractivity contribution in [3.8, 4) is 0 Å². The summed E-state index contributed by atoms with van der Waals surface area (Å²) in [5, 5.41) is 0. The molecule has 0 aliphatic carbocycles. The topological polar surface area (TPSA) is 25.8 Å². The number of aromatic nitrogens is 2. The van der Waals surface area contributed by atoms with Gasteiger partial charge in [-0.2, -0.15) is 0 Å². The van der Waals surface area contributed by atoms with Crippen molar-refractivity contribution in [3.63, 3.8) is 0 Å². The fourth-order valence-corrected chi connectivity index (χ4v) is 5.38. The van der Waals surface area contributed by atoms with Crippen LogP contribution in [0.4, 0.5) is 0 Å². The summed E-state index contributed by atoms with van der Waals surface area (Å²) in [7, 11) is 0. The molecule has 0 aliphatic heterocycles. The van der Waals surface area contributed by atoms with Gasteiger partial charge in [0.1, 0.15) is 5.82 Å². The van der Waals surface area contributed by atoms with Crippen LogP contribution in [0.25, 0.3) is 0 Å². The van der Waals surface area contributed by atoms with E-state index in [1.165, 1.54) is 5.56 Å². The van der Waals surface area contributed by atoms with Gasteiger partial charge in [0.25, 0.3) is 0 Å². The van der Waals surface area contributed by atoms with E-state index in [-0.39, 0.29) is 32.5 Å². The molecule has 0 aliphatic rings. The number of rotatable bonds is 5. The minimum Gasteiger partial charge on any atom is -0.238 e. The van der Waals surface area contributed by atoms with Crippen LogP contribution in [-0.4, -0.2) is 9.97 Å². The average Bonchev–Trinajstić information content (AvgIpc) is 2.43. The van der Waals surface area contributed by atoms with Crippen molar-refractivity contribution in [1.82, 2.24) is 9.97 Å². The van der Waals surface area contributed by atoms with Crippen molar-refractivity contribution < 1.29 is 0 Å². The molecule has 28 heavy (non-hydrogen) atoms. The Kier molecular flexibility index (Phi) is 6.11. The summed E-state index contributed by atoms with van der Waals surface area (Å²) >= 11 is 0. The summed E-state index contributed by atoms with van der Waals surface area (Å²) in [6.45, 7) is 37.9. The van der Waals surface area contributed by atoms with Gasteiger partial charge in [0, 0.05) is 17.0 Å². The van der Waals surface area contributed by atoms with Gasteiger partial charge in [0.05, 0.1) is 0 Å². The summed E-state index contributed by atoms with van der Waals surface area (Å²) in [4.78, 5) is 9.47. The first-order chi connectivity index (χ1) is 12.1. The van der Waals surface area contributed by atoms with Crippen molar-refractivity contribution in [2.75, 3.05) is 0 Å². The first-order valence-corrected chi connectivity index (χ1v) is 10.9. The molecule has 1 aromatic heterocycles. The standard InChI is InChI=1S/C26H48N2/c1-17-20(18(2)28-19(3)27-17)22(7,8)24(11,12)26(15,16)25(13,14)23(9,10)21(4,5)6/h1-16H3. The molecule has 1 heterocycles. The lowest BCUT2D eigenvalue weighted by molar-refractivity contribution is -0.155. The molecule has 0 atom stereocenters. The Morgan fingerprint density at radius 2 is 0.786 bits per heavy atom. The number of hydrogen-bond acceptors (Lipinski definition) is 2. The van der Waals surface area contributed by atoms with E-state index in [4.69, 9.17) is 9.97 Å². The molecule has 0 saturated carbocycles. The zero-order valence-electron chi connectivity index (χ0n) is 21.9. The van der Waals surface area contributed by atoms with Crippen LogP contribution in [-0.2, 0) is 5.41 Å². The zero-order chi connectivity index (χ0) is 22.7. The van der Waals surface area contributed by atoms with Crippen LogP contribution in [0, 0.1) is 47.8 Å². The van der Waals surface area contributed by atoms with Gasteiger partial charge >= 0.3 is 0 Å². The third-order valence-corrected chi connectivity index (χ3v) is 10.1. The largest absolute Gasteiger partial charge is 0.238 e. The highest BCUT2D eigenvalue weighted by molar-refractivity contribution is 5.35. The highest BCUT2D eigenvalue weighted by atomic mass is 14.9. The molecule has 0 bridgehead atoms. The quantitative estimate of drug-likeness (QED) is 0.513. The van der Waals surface area contributed by atoms with Gasteiger partial charge < -0.3 is 0 Å². The van der Waals surface area contributed by atoms with Crippen molar-refractivity contribution >= 4 is 0 Å². The molecule has 0 spiro atoms. The molecule has 0 unspecified atom stereocenters. The van der Waals surface area contributed by atoms with Crippen molar-refractivity contribution in [3.05, 3.63) is 22.8 Å². The minimum atomic E-state index is -0.0798. The Morgan fingerprint density at radius 3 is 1.11 bits per heavy atom. The maximum Gasteiger partial charge on any atom is 0.125 e. The third kappa shape index (κ3) is 3.33. The molecule has 1 aromatic rings. The molecule has 0 fully saturated rings. The normalized spacial score (nSPS) is 15.1. The molecule has 0 radical (unpaired) electrons. The fourth-order valence-electron chi connectivity index (χ4n) is 5.38. The van der Waals surface area contributed by atoms with Gasteiger partial charge in [-0.3, -0.25) is 0 Å². The molecule has 2 nitrogen and oxygen atoms in total. The van der Waals surface area contributed by atoms with Gasteiger partial charge in [-0.25, -0.2) is 9.97 Å². The van der Waals surface area contributed by atoms with E-state index in [0.29, 0.717) is 0 Å². The second-order valence-corrected chi connectivity index (χ2v) is 12.7. The Labute approximate surface area is 176 Å². The van der Waals surface area contributed by atoms with Crippen LogP contribution in [0.2, 0.25) is 0 Å². The maximum atomic E-state index is 4.74. The van der Waals surface area contributed by atoms with E-state index in [2.05, 4.69) is 104 Å². The van der Waals surface area contributed by atoms with E-state index in [0.717, 1.165) is 17.2 Å². The van der Waals surface area contributed by atoms with E-state index in [9.17, 15) is 0 Å². The highest BCUT2D eigenvalue weighted by Gasteiger charge is 2.61. The van der Waals surface area contributed by atoms with Crippen LogP contribution in [0.3, 0.4) is 0 Å². The van der Waals surface area contributed by atoms with E-state index < -0.39 is 0 Å². The number of aryl methyl sites for hydroxylation is 3. The van der Waals surface area contributed by atoms with Gasteiger partial charge in [0.15, 0.2) is 0 Å². The average molecular weight is 389 g/mol. The highest BCUT2D eigenvalue weighted by Crippen LogP contribution is 2.67. The van der Waals surface area contributed by atoms with Gasteiger partial charge in [0.2, 0.25) is 0 Å². The number of hydrogen-bond donors (Lipinski definition) is 0. The Bertz CT molecular complexity index is 702. The molecule has 0 N–H and O–H groups in total. The molecule has 0 aromatic carbocycles. The SMILES string of the molecule is Cc1nc(C)c(C(C)(C)C(C)(C)C(C)(C)C(C)(C)C(C)(C)C(C)(C)C)c(C)n1. The van der Waals surface area contributed by atoms with Crippen LogP contribution in [0.5, 0.6) is 0 Å². The second-order valence-electron chi connectivity index (χ2n) is 12.7. The van der Waals surface area contributed by atoms with E-state index in [1.54, 1.807) is 0 Å². The molecule has 2 heteroatoms. The molecular weight excluding hydrogens is 340 g/mol. The summed E-state index contributed by atoms with van der Waals surface area (Å²) in [6.07, 6.45) is 0. The maximum absolute atomic E-state index is 4.74. The van der Waals surface area contributed by atoms with Gasteiger partial charge in [-0.05, 0) is 53.3 Å². The first-order valence-electron chi connectivity index (χ1n) is 10.9. The lowest BCUT2D eigenvalue weighted by atomic mass is 9.39. The second kappa shape index (κ2) is 6.81. The van der Waals surface area contributed by atoms with Crippen molar-refractivity contribution in [2.24, 2.45) is 27.1 Å². The predicted octanol–water partition coefficient (Wildman–Crippen LogP) is 7.83. The molecular formula is C26H48N2.